The lowest BCUT2D eigenvalue weighted by molar-refractivity contribution is 0.483. The van der Waals surface area contributed by atoms with E-state index < -0.39 is 0 Å². The van der Waals surface area contributed by atoms with E-state index in [0.29, 0.717) is 11.5 Å². The van der Waals surface area contributed by atoms with Crippen LogP contribution < -0.4 is 10.5 Å². The van der Waals surface area contributed by atoms with E-state index in [9.17, 15) is 0 Å². The van der Waals surface area contributed by atoms with E-state index in [1.54, 1.807) is 4.68 Å². The quantitative estimate of drug-likeness (QED) is 0.456. The summed E-state index contributed by atoms with van der Waals surface area (Å²) in [7, 11) is 0. The molecule has 146 valence electrons. The Morgan fingerprint density at radius 1 is 0.800 bits per heavy atom. The Kier molecular flexibility index (Phi) is 4.37. The molecule has 5 rings (SSSR count). The van der Waals surface area contributed by atoms with Crippen molar-refractivity contribution in [1.82, 2.24) is 19.7 Å². The highest BCUT2D eigenvalue weighted by Crippen LogP contribution is 2.33. The molecule has 2 N–H and O–H groups in total. The molecule has 6 nitrogen and oxygen atoms in total. The fraction of sp³-hybridized carbons (Fsp3) is 0.0417. The second kappa shape index (κ2) is 7.33. The molecule has 0 aliphatic heterocycles. The van der Waals surface area contributed by atoms with E-state index in [4.69, 9.17) is 15.6 Å². The van der Waals surface area contributed by atoms with Crippen molar-refractivity contribution < 1.29 is 4.74 Å². The Bertz CT molecular complexity index is 1310. The molecular weight excluding hydrogens is 374 g/mol. The molecule has 0 unspecified atom stereocenters. The monoisotopic (exact) mass is 393 g/mol. The molecule has 0 saturated heterocycles. The van der Waals surface area contributed by atoms with Crippen molar-refractivity contribution in [2.24, 2.45) is 0 Å². The van der Waals surface area contributed by atoms with Crippen molar-refractivity contribution in [3.05, 3.63) is 90.8 Å². The number of aryl methyl sites for hydroxylation is 1. The fourth-order valence-corrected chi connectivity index (χ4v) is 3.35. The Morgan fingerprint density at radius 2 is 1.50 bits per heavy atom. The minimum absolute atomic E-state index is 0.401. The van der Waals surface area contributed by atoms with Crippen molar-refractivity contribution in [3.63, 3.8) is 0 Å². The first kappa shape index (κ1) is 17.9. The molecule has 0 fully saturated rings. The number of anilines is 1. The van der Waals surface area contributed by atoms with Crippen molar-refractivity contribution in [2.75, 3.05) is 5.73 Å². The number of ether oxygens (including phenoxy) is 1. The van der Waals surface area contributed by atoms with Crippen LogP contribution in [0.4, 0.5) is 5.82 Å². The van der Waals surface area contributed by atoms with Gasteiger partial charge in [-0.3, -0.25) is 0 Å². The molecule has 30 heavy (non-hydrogen) atoms. The summed E-state index contributed by atoms with van der Waals surface area (Å²) >= 11 is 0. The maximum atomic E-state index is 6.21. The molecule has 0 atom stereocenters. The summed E-state index contributed by atoms with van der Waals surface area (Å²) in [5.74, 6) is 1.94. The molecule has 0 saturated carbocycles. The van der Waals surface area contributed by atoms with Gasteiger partial charge in [0.1, 0.15) is 29.3 Å². The zero-order valence-electron chi connectivity index (χ0n) is 16.4. The van der Waals surface area contributed by atoms with Crippen LogP contribution in [0.3, 0.4) is 0 Å². The van der Waals surface area contributed by atoms with Crippen molar-refractivity contribution in [2.45, 2.75) is 6.92 Å². The summed E-state index contributed by atoms with van der Waals surface area (Å²) in [6, 6.07) is 25.6. The molecule has 0 bridgehead atoms. The van der Waals surface area contributed by atoms with Crippen LogP contribution in [-0.4, -0.2) is 19.7 Å². The highest BCUT2D eigenvalue weighted by atomic mass is 16.5. The minimum atomic E-state index is 0.401. The van der Waals surface area contributed by atoms with Gasteiger partial charge in [0, 0.05) is 5.56 Å². The zero-order chi connectivity index (χ0) is 20.5. The molecule has 2 heterocycles. The zero-order valence-corrected chi connectivity index (χ0v) is 16.4. The second-order valence-corrected chi connectivity index (χ2v) is 6.99. The van der Waals surface area contributed by atoms with Crippen LogP contribution >= 0.6 is 0 Å². The van der Waals surface area contributed by atoms with E-state index in [2.05, 4.69) is 16.9 Å². The molecule has 3 aromatic carbocycles. The predicted molar refractivity (Wildman–Crippen MR) is 118 cm³/mol. The summed E-state index contributed by atoms with van der Waals surface area (Å²) in [4.78, 5) is 8.62. The molecule has 2 aromatic heterocycles. The minimum Gasteiger partial charge on any atom is -0.457 e. The van der Waals surface area contributed by atoms with Gasteiger partial charge >= 0.3 is 0 Å². The lowest BCUT2D eigenvalue weighted by atomic mass is 10.1. The molecule has 0 spiro atoms. The normalized spacial score (nSPS) is 11.0. The van der Waals surface area contributed by atoms with Crippen LogP contribution in [0.5, 0.6) is 11.5 Å². The second-order valence-electron chi connectivity index (χ2n) is 6.99. The summed E-state index contributed by atoms with van der Waals surface area (Å²) in [6.07, 6.45) is 1.46. The first-order valence-corrected chi connectivity index (χ1v) is 9.58. The fourth-order valence-electron chi connectivity index (χ4n) is 3.35. The number of benzene rings is 3. The molecule has 0 aliphatic rings. The van der Waals surface area contributed by atoms with E-state index in [0.717, 1.165) is 33.8 Å². The van der Waals surface area contributed by atoms with Gasteiger partial charge in [-0.15, -0.1) is 0 Å². The first-order chi connectivity index (χ1) is 14.7. The Labute approximate surface area is 173 Å². The Hall–Kier alpha value is -4.19. The largest absolute Gasteiger partial charge is 0.457 e. The highest BCUT2D eigenvalue weighted by Gasteiger charge is 2.18. The van der Waals surface area contributed by atoms with E-state index in [1.807, 2.05) is 78.9 Å². The topological polar surface area (TPSA) is 78.9 Å². The molecule has 5 aromatic rings. The van der Waals surface area contributed by atoms with Gasteiger partial charge in [-0.1, -0.05) is 35.9 Å². The maximum absolute atomic E-state index is 6.21. The van der Waals surface area contributed by atoms with Crippen molar-refractivity contribution in [3.8, 4) is 28.4 Å². The summed E-state index contributed by atoms with van der Waals surface area (Å²) in [5.41, 5.74) is 10.6. The van der Waals surface area contributed by atoms with Gasteiger partial charge in [0.05, 0.1) is 11.1 Å². The number of hydrogen-bond acceptors (Lipinski definition) is 5. The lowest BCUT2D eigenvalue weighted by Gasteiger charge is -2.06. The number of nitrogens with zero attached hydrogens (tertiary/aromatic N) is 4. The predicted octanol–water partition coefficient (Wildman–Crippen LogP) is 5.17. The number of nitrogen functional groups attached to an aromatic ring is 1. The summed E-state index contributed by atoms with van der Waals surface area (Å²) in [6.45, 7) is 2.05. The van der Waals surface area contributed by atoms with Crippen LogP contribution in [0.15, 0.2) is 85.2 Å². The molecule has 6 heteroatoms. The van der Waals surface area contributed by atoms with Crippen LogP contribution in [0.2, 0.25) is 0 Å². The maximum Gasteiger partial charge on any atom is 0.169 e. The van der Waals surface area contributed by atoms with Crippen LogP contribution in [0.25, 0.3) is 28.0 Å². The van der Waals surface area contributed by atoms with Gasteiger partial charge in [0.15, 0.2) is 5.65 Å². The number of aromatic nitrogens is 4. The van der Waals surface area contributed by atoms with Crippen LogP contribution in [0, 0.1) is 6.92 Å². The van der Waals surface area contributed by atoms with Crippen LogP contribution in [-0.2, 0) is 0 Å². The number of para-hydroxylation sites is 1. The summed E-state index contributed by atoms with van der Waals surface area (Å²) in [5, 5.41) is 5.56. The standard InChI is InChI=1S/C24H19N5O/c1-16-7-11-18(12-8-16)29-24-21(23(25)26-15-27-24)22(28-29)17-9-13-20(14-10-17)30-19-5-3-2-4-6-19/h2-15H,1H3,(H2,25,26,27). The Balaban J connectivity index is 1.58. The van der Waals surface area contributed by atoms with Gasteiger partial charge in [-0.25, -0.2) is 14.6 Å². The number of nitrogens with two attached hydrogens (primary N) is 1. The van der Waals surface area contributed by atoms with E-state index >= 15 is 0 Å². The molecular formula is C24H19N5O. The third-order valence-electron chi connectivity index (χ3n) is 4.88. The molecule has 0 aliphatic carbocycles. The lowest BCUT2D eigenvalue weighted by Crippen LogP contribution is -1.99. The molecule has 0 amide bonds. The SMILES string of the molecule is Cc1ccc(-n2nc(-c3ccc(Oc4ccccc4)cc3)c3c(N)ncnc32)cc1. The average molecular weight is 393 g/mol. The van der Waals surface area contributed by atoms with Gasteiger partial charge in [-0.05, 0) is 55.5 Å². The van der Waals surface area contributed by atoms with E-state index in [1.165, 1.54) is 11.9 Å². The molecule has 0 radical (unpaired) electrons. The number of rotatable bonds is 4. The smallest absolute Gasteiger partial charge is 0.169 e. The van der Waals surface area contributed by atoms with Crippen LogP contribution in [0.1, 0.15) is 5.56 Å². The number of hydrogen-bond donors (Lipinski definition) is 1. The van der Waals surface area contributed by atoms with Gasteiger partial charge in [0.25, 0.3) is 0 Å². The first-order valence-electron chi connectivity index (χ1n) is 9.58. The Morgan fingerprint density at radius 3 is 2.23 bits per heavy atom. The third-order valence-corrected chi connectivity index (χ3v) is 4.88. The number of fused-ring (bicyclic) bond motifs is 1. The van der Waals surface area contributed by atoms with E-state index in [-0.39, 0.29) is 0 Å². The third kappa shape index (κ3) is 3.24. The van der Waals surface area contributed by atoms with Crippen molar-refractivity contribution >= 4 is 16.9 Å². The average Bonchev–Trinajstić information content (AvgIpc) is 3.17. The highest BCUT2D eigenvalue weighted by molar-refractivity contribution is 5.98. The van der Waals surface area contributed by atoms with Gasteiger partial charge in [-0.2, -0.15) is 5.10 Å². The summed E-state index contributed by atoms with van der Waals surface area (Å²) < 4.78 is 7.69. The van der Waals surface area contributed by atoms with Crippen molar-refractivity contribution in [1.29, 1.82) is 0 Å². The van der Waals surface area contributed by atoms with Gasteiger partial charge in [0.2, 0.25) is 0 Å². The van der Waals surface area contributed by atoms with Gasteiger partial charge < -0.3 is 10.5 Å².